The van der Waals surface area contributed by atoms with E-state index >= 15 is 0 Å². The molecule has 0 unspecified atom stereocenters. The maximum atomic E-state index is 7.17. The number of hydrogen-bond donors (Lipinski definition) is 1. The highest BCUT2D eigenvalue weighted by Crippen LogP contribution is 1.91. The minimum absolute atomic E-state index is 0.430. The normalized spacial score (nSPS) is 9.11. The fourth-order valence-electron chi connectivity index (χ4n) is 0.524. The van der Waals surface area contributed by atoms with E-state index in [1.165, 1.54) is 0 Å². The van der Waals surface area contributed by atoms with Gasteiger partial charge in [-0.1, -0.05) is 13.8 Å². The molecule has 0 amide bonds. The molecule has 0 heterocycles. The van der Waals surface area contributed by atoms with Gasteiger partial charge in [0.05, 0.1) is 6.61 Å². The van der Waals surface area contributed by atoms with Crippen molar-refractivity contribution in [3.8, 4) is 0 Å². The predicted molar refractivity (Wildman–Crippen MR) is 38.9 cm³/mol. The van der Waals surface area contributed by atoms with E-state index in [4.69, 9.17) is 10.1 Å². The third-order valence-electron chi connectivity index (χ3n) is 0.957. The van der Waals surface area contributed by atoms with Crippen LogP contribution in [0.3, 0.4) is 0 Å². The van der Waals surface area contributed by atoms with E-state index in [-0.39, 0.29) is 0 Å². The Morgan fingerprint density at radius 1 is 1.33 bits per heavy atom. The average molecular weight is 129 g/mol. The van der Waals surface area contributed by atoms with Gasteiger partial charge in [0.1, 0.15) is 0 Å². The van der Waals surface area contributed by atoms with Gasteiger partial charge in [-0.3, -0.25) is 5.41 Å². The quantitative estimate of drug-likeness (QED) is 0.458. The molecule has 0 radical (unpaired) electrons. The van der Waals surface area contributed by atoms with Crippen molar-refractivity contribution in [3.63, 3.8) is 0 Å². The zero-order valence-corrected chi connectivity index (χ0v) is 6.24. The molecule has 9 heavy (non-hydrogen) atoms. The summed E-state index contributed by atoms with van der Waals surface area (Å²) in [5.41, 5.74) is 0. The highest BCUT2D eigenvalue weighted by molar-refractivity contribution is 5.72. The number of hydrogen-bond acceptors (Lipinski definition) is 2. The van der Waals surface area contributed by atoms with E-state index in [1.807, 2.05) is 13.8 Å². The molecular formula is C7H15NO. The summed E-state index contributed by atoms with van der Waals surface area (Å²) < 4.78 is 5.01. The van der Waals surface area contributed by atoms with Crippen LogP contribution in [0.5, 0.6) is 0 Å². The van der Waals surface area contributed by atoms with Crippen LogP contribution in [0.15, 0.2) is 0 Å². The second-order valence-electron chi connectivity index (χ2n) is 2.02. The van der Waals surface area contributed by atoms with Crippen molar-refractivity contribution in [1.82, 2.24) is 0 Å². The molecule has 2 heteroatoms. The third kappa shape index (κ3) is 5.34. The molecule has 0 aliphatic rings. The van der Waals surface area contributed by atoms with Crippen LogP contribution in [-0.2, 0) is 4.74 Å². The second-order valence-corrected chi connectivity index (χ2v) is 2.02. The van der Waals surface area contributed by atoms with Crippen molar-refractivity contribution in [2.45, 2.75) is 33.1 Å². The summed E-state index contributed by atoms with van der Waals surface area (Å²) in [5, 5.41) is 7.17. The smallest absolute Gasteiger partial charge is 0.180 e. The fourth-order valence-corrected chi connectivity index (χ4v) is 0.524. The second kappa shape index (κ2) is 5.60. The molecule has 0 aromatic carbocycles. The van der Waals surface area contributed by atoms with Gasteiger partial charge in [0, 0.05) is 6.42 Å². The summed E-state index contributed by atoms with van der Waals surface area (Å²) in [6.45, 7) is 4.78. The Hall–Kier alpha value is -0.530. The Bertz CT molecular complexity index is 81.0. The van der Waals surface area contributed by atoms with E-state index in [0.29, 0.717) is 12.5 Å². The van der Waals surface area contributed by atoms with Crippen molar-refractivity contribution in [3.05, 3.63) is 0 Å². The Balaban J connectivity index is 3.06. The van der Waals surface area contributed by atoms with E-state index < -0.39 is 0 Å². The minimum Gasteiger partial charge on any atom is -0.481 e. The molecule has 54 valence electrons. The summed E-state index contributed by atoms with van der Waals surface area (Å²) >= 11 is 0. The molecule has 0 saturated heterocycles. The minimum atomic E-state index is 0.430. The van der Waals surface area contributed by atoms with Gasteiger partial charge in [0.15, 0.2) is 5.90 Å². The van der Waals surface area contributed by atoms with Crippen LogP contribution in [0, 0.1) is 5.41 Å². The maximum Gasteiger partial charge on any atom is 0.180 e. The lowest BCUT2D eigenvalue weighted by molar-refractivity contribution is 0.292. The van der Waals surface area contributed by atoms with Gasteiger partial charge in [-0.05, 0) is 12.8 Å². The van der Waals surface area contributed by atoms with Gasteiger partial charge in [0.25, 0.3) is 0 Å². The first-order valence-corrected chi connectivity index (χ1v) is 3.51. The summed E-state index contributed by atoms with van der Waals surface area (Å²) in [5.74, 6) is 0.430. The molecule has 0 aromatic heterocycles. The molecule has 0 bridgehead atoms. The summed E-state index contributed by atoms with van der Waals surface area (Å²) in [6.07, 6.45) is 2.77. The first-order valence-electron chi connectivity index (χ1n) is 3.51. The topological polar surface area (TPSA) is 33.1 Å². The highest BCUT2D eigenvalue weighted by Gasteiger charge is 1.91. The maximum absolute atomic E-state index is 7.17. The largest absolute Gasteiger partial charge is 0.481 e. The van der Waals surface area contributed by atoms with Crippen molar-refractivity contribution in [1.29, 1.82) is 5.41 Å². The van der Waals surface area contributed by atoms with Crippen molar-refractivity contribution < 1.29 is 4.74 Å². The first-order chi connectivity index (χ1) is 4.31. The van der Waals surface area contributed by atoms with E-state index in [9.17, 15) is 0 Å². The molecule has 2 nitrogen and oxygen atoms in total. The Labute approximate surface area is 56.7 Å². The number of nitrogens with one attached hydrogen (secondary N) is 1. The van der Waals surface area contributed by atoms with Crippen LogP contribution in [0.1, 0.15) is 33.1 Å². The van der Waals surface area contributed by atoms with Crippen LogP contribution in [0.25, 0.3) is 0 Å². The van der Waals surface area contributed by atoms with Gasteiger partial charge in [-0.25, -0.2) is 0 Å². The van der Waals surface area contributed by atoms with Crippen LogP contribution in [0.4, 0.5) is 0 Å². The lowest BCUT2D eigenvalue weighted by Gasteiger charge is -2.02. The van der Waals surface area contributed by atoms with Crippen LogP contribution in [0.2, 0.25) is 0 Å². The number of rotatable bonds is 4. The fraction of sp³-hybridized carbons (Fsp3) is 0.857. The zero-order chi connectivity index (χ0) is 7.11. The standard InChI is InChI=1S/C7H15NO/c1-3-5-7(8)9-6-4-2/h8H,3-6H2,1-2H3. The average Bonchev–Trinajstić information content (AvgIpc) is 1.85. The molecule has 0 aliphatic heterocycles. The summed E-state index contributed by atoms with van der Waals surface area (Å²) in [6, 6.07) is 0. The van der Waals surface area contributed by atoms with Crippen molar-refractivity contribution >= 4 is 5.90 Å². The molecule has 0 fully saturated rings. The first kappa shape index (κ1) is 8.47. The van der Waals surface area contributed by atoms with Gasteiger partial charge < -0.3 is 4.74 Å². The molecule has 0 saturated carbocycles. The molecule has 0 aliphatic carbocycles. The molecule has 0 rings (SSSR count). The van der Waals surface area contributed by atoms with Gasteiger partial charge in [-0.2, -0.15) is 0 Å². The molecule has 0 atom stereocenters. The molecule has 0 spiro atoms. The van der Waals surface area contributed by atoms with Crippen molar-refractivity contribution in [2.75, 3.05) is 6.61 Å². The van der Waals surface area contributed by atoms with Crippen molar-refractivity contribution in [2.24, 2.45) is 0 Å². The van der Waals surface area contributed by atoms with E-state index in [1.54, 1.807) is 0 Å². The summed E-state index contributed by atoms with van der Waals surface area (Å²) in [7, 11) is 0. The third-order valence-corrected chi connectivity index (χ3v) is 0.957. The summed E-state index contributed by atoms with van der Waals surface area (Å²) in [4.78, 5) is 0. The SMILES string of the molecule is CCCOC(=N)CCC. The Morgan fingerprint density at radius 2 is 2.00 bits per heavy atom. The molecule has 1 N–H and O–H groups in total. The van der Waals surface area contributed by atoms with Crippen LogP contribution in [-0.4, -0.2) is 12.5 Å². The number of ether oxygens (including phenoxy) is 1. The lowest BCUT2D eigenvalue weighted by atomic mass is 10.3. The van der Waals surface area contributed by atoms with E-state index in [2.05, 4.69) is 0 Å². The van der Waals surface area contributed by atoms with E-state index in [0.717, 1.165) is 19.3 Å². The zero-order valence-electron chi connectivity index (χ0n) is 6.24. The highest BCUT2D eigenvalue weighted by atomic mass is 16.5. The Morgan fingerprint density at radius 3 is 2.44 bits per heavy atom. The monoisotopic (exact) mass is 129 g/mol. The lowest BCUT2D eigenvalue weighted by Crippen LogP contribution is -2.02. The van der Waals surface area contributed by atoms with Crippen LogP contribution >= 0.6 is 0 Å². The van der Waals surface area contributed by atoms with Gasteiger partial charge in [0.2, 0.25) is 0 Å². The van der Waals surface area contributed by atoms with Gasteiger partial charge >= 0.3 is 0 Å². The molecular weight excluding hydrogens is 114 g/mol. The van der Waals surface area contributed by atoms with Gasteiger partial charge in [-0.15, -0.1) is 0 Å². The van der Waals surface area contributed by atoms with Crippen LogP contribution < -0.4 is 0 Å². The Kier molecular flexibility index (Phi) is 5.27. The predicted octanol–water partition coefficient (Wildman–Crippen LogP) is 2.19. The molecule has 0 aromatic rings.